The molecule has 0 bridgehead atoms. The molecule has 0 radical (unpaired) electrons. The fourth-order valence-corrected chi connectivity index (χ4v) is 3.13. The normalized spacial score (nSPS) is 14.4. The topological polar surface area (TPSA) is 71.7 Å². The summed E-state index contributed by atoms with van der Waals surface area (Å²) in [4.78, 5) is 5.26. The van der Waals surface area contributed by atoms with Crippen molar-refractivity contribution in [3.63, 3.8) is 0 Å². The first-order valence-corrected chi connectivity index (χ1v) is 8.02. The third kappa shape index (κ3) is 2.37. The highest BCUT2D eigenvalue weighted by atomic mass is 32.1. The molecular formula is C15H16N4O2S. The van der Waals surface area contributed by atoms with Gasteiger partial charge >= 0.3 is 0 Å². The zero-order valence-electron chi connectivity index (χ0n) is 12.1. The number of phenols is 1. The molecule has 0 aliphatic heterocycles. The SMILES string of the molecule is COc1cc(-c2cnc3sc(NCC4CC4)nn23)ccc1O. The van der Waals surface area contributed by atoms with Gasteiger partial charge in [-0.15, -0.1) is 5.10 Å². The zero-order valence-corrected chi connectivity index (χ0v) is 12.9. The maximum Gasteiger partial charge on any atom is 0.214 e. The summed E-state index contributed by atoms with van der Waals surface area (Å²) in [5.74, 6) is 1.36. The molecule has 7 heteroatoms. The van der Waals surface area contributed by atoms with Crippen molar-refractivity contribution in [1.82, 2.24) is 14.6 Å². The zero-order chi connectivity index (χ0) is 15.1. The van der Waals surface area contributed by atoms with Gasteiger partial charge in [0.25, 0.3) is 0 Å². The molecule has 1 aliphatic rings. The number of nitrogens with one attached hydrogen (secondary N) is 1. The number of rotatable bonds is 5. The van der Waals surface area contributed by atoms with E-state index in [1.807, 2.05) is 10.6 Å². The molecule has 0 unspecified atom stereocenters. The Labute approximate surface area is 131 Å². The number of anilines is 1. The molecule has 0 spiro atoms. The number of aromatic hydroxyl groups is 1. The minimum Gasteiger partial charge on any atom is -0.504 e. The predicted octanol–water partition coefficient (Wildman–Crippen LogP) is 2.99. The van der Waals surface area contributed by atoms with E-state index in [0.717, 1.165) is 33.8 Å². The van der Waals surface area contributed by atoms with E-state index in [1.165, 1.54) is 20.0 Å². The molecular weight excluding hydrogens is 300 g/mol. The molecule has 2 heterocycles. The number of fused-ring (bicyclic) bond motifs is 1. The number of hydrogen-bond acceptors (Lipinski definition) is 6. The summed E-state index contributed by atoms with van der Waals surface area (Å²) >= 11 is 1.54. The molecule has 1 fully saturated rings. The summed E-state index contributed by atoms with van der Waals surface area (Å²) in [5.41, 5.74) is 1.78. The molecule has 6 nitrogen and oxygen atoms in total. The van der Waals surface area contributed by atoms with Gasteiger partial charge in [-0.3, -0.25) is 0 Å². The van der Waals surface area contributed by atoms with E-state index in [-0.39, 0.29) is 5.75 Å². The van der Waals surface area contributed by atoms with Crippen molar-refractivity contribution in [3.05, 3.63) is 24.4 Å². The molecule has 2 aromatic heterocycles. The van der Waals surface area contributed by atoms with Crippen molar-refractivity contribution in [2.45, 2.75) is 12.8 Å². The van der Waals surface area contributed by atoms with E-state index in [9.17, 15) is 5.11 Å². The second-order valence-corrected chi connectivity index (χ2v) is 6.41. The summed E-state index contributed by atoms with van der Waals surface area (Å²) in [5, 5.41) is 18.6. The molecule has 22 heavy (non-hydrogen) atoms. The fraction of sp³-hybridized carbons (Fsp3) is 0.333. The second-order valence-electron chi connectivity index (χ2n) is 5.46. The minimum atomic E-state index is 0.122. The van der Waals surface area contributed by atoms with Crippen LogP contribution in [-0.2, 0) is 0 Å². The lowest BCUT2D eigenvalue weighted by Crippen LogP contribution is -2.03. The Morgan fingerprint density at radius 2 is 2.32 bits per heavy atom. The van der Waals surface area contributed by atoms with Crippen molar-refractivity contribution < 1.29 is 9.84 Å². The minimum absolute atomic E-state index is 0.122. The Balaban J connectivity index is 1.68. The predicted molar refractivity (Wildman–Crippen MR) is 85.7 cm³/mol. The Hall–Kier alpha value is -2.28. The van der Waals surface area contributed by atoms with Gasteiger partial charge in [0.2, 0.25) is 10.1 Å². The highest BCUT2D eigenvalue weighted by molar-refractivity contribution is 7.20. The van der Waals surface area contributed by atoms with Crippen molar-refractivity contribution in [3.8, 4) is 22.8 Å². The lowest BCUT2D eigenvalue weighted by Gasteiger charge is -2.05. The summed E-state index contributed by atoms with van der Waals surface area (Å²) in [6.07, 6.45) is 4.41. The monoisotopic (exact) mass is 316 g/mol. The van der Waals surface area contributed by atoms with E-state index < -0.39 is 0 Å². The molecule has 0 saturated heterocycles. The van der Waals surface area contributed by atoms with Gasteiger partial charge in [-0.2, -0.15) is 0 Å². The van der Waals surface area contributed by atoms with Crippen molar-refractivity contribution in [2.24, 2.45) is 5.92 Å². The van der Waals surface area contributed by atoms with Crippen LogP contribution in [0.5, 0.6) is 11.5 Å². The van der Waals surface area contributed by atoms with Gasteiger partial charge in [0.1, 0.15) is 0 Å². The number of ether oxygens (including phenoxy) is 1. The number of aromatic nitrogens is 3. The van der Waals surface area contributed by atoms with Gasteiger partial charge in [0, 0.05) is 12.1 Å². The summed E-state index contributed by atoms with van der Waals surface area (Å²) in [7, 11) is 1.54. The Morgan fingerprint density at radius 3 is 3.09 bits per heavy atom. The molecule has 3 aromatic rings. The van der Waals surface area contributed by atoms with E-state index in [0.29, 0.717) is 5.75 Å². The summed E-state index contributed by atoms with van der Waals surface area (Å²) in [6.45, 7) is 0.985. The van der Waals surface area contributed by atoms with E-state index >= 15 is 0 Å². The molecule has 0 amide bonds. The first-order valence-electron chi connectivity index (χ1n) is 7.20. The van der Waals surface area contributed by atoms with Gasteiger partial charge in [0.15, 0.2) is 11.5 Å². The molecule has 1 aliphatic carbocycles. The summed E-state index contributed by atoms with van der Waals surface area (Å²) < 4.78 is 6.99. The quantitative estimate of drug-likeness (QED) is 0.757. The van der Waals surface area contributed by atoms with Crippen LogP contribution < -0.4 is 10.1 Å². The highest BCUT2D eigenvalue weighted by Gasteiger charge is 2.21. The van der Waals surface area contributed by atoms with Crippen molar-refractivity contribution >= 4 is 21.4 Å². The van der Waals surface area contributed by atoms with E-state index in [4.69, 9.17) is 4.74 Å². The third-order valence-electron chi connectivity index (χ3n) is 3.80. The van der Waals surface area contributed by atoms with Gasteiger partial charge in [-0.05, 0) is 37.0 Å². The first kappa shape index (κ1) is 13.4. The van der Waals surface area contributed by atoms with Gasteiger partial charge in [0.05, 0.1) is 19.0 Å². The molecule has 2 N–H and O–H groups in total. The molecule has 1 aromatic carbocycles. The maximum absolute atomic E-state index is 9.71. The van der Waals surface area contributed by atoms with Crippen LogP contribution in [0.25, 0.3) is 16.2 Å². The standard InChI is InChI=1S/C15H16N4O2S/c1-21-13-6-10(4-5-12(13)20)11-8-17-15-19(11)18-14(22-15)16-7-9-2-3-9/h4-6,8-9,20H,2-3,7H2,1H3,(H,16,18). The van der Waals surface area contributed by atoms with E-state index in [2.05, 4.69) is 15.4 Å². The van der Waals surface area contributed by atoms with E-state index in [1.54, 1.807) is 29.7 Å². The first-order chi connectivity index (χ1) is 10.7. The van der Waals surface area contributed by atoms with Gasteiger partial charge in [-0.25, -0.2) is 9.50 Å². The molecule has 114 valence electrons. The van der Waals surface area contributed by atoms with Crippen LogP contribution in [0.15, 0.2) is 24.4 Å². The van der Waals surface area contributed by atoms with Crippen molar-refractivity contribution in [2.75, 3.05) is 19.0 Å². The number of phenolic OH excluding ortho intramolecular Hbond substituents is 1. The van der Waals surface area contributed by atoms with Crippen LogP contribution in [0.3, 0.4) is 0 Å². The van der Waals surface area contributed by atoms with Crippen LogP contribution in [0.2, 0.25) is 0 Å². The number of hydrogen-bond donors (Lipinski definition) is 2. The largest absolute Gasteiger partial charge is 0.504 e. The fourth-order valence-electron chi connectivity index (χ4n) is 2.35. The highest BCUT2D eigenvalue weighted by Crippen LogP contribution is 2.33. The molecule has 1 saturated carbocycles. The average molecular weight is 316 g/mol. The number of benzene rings is 1. The Morgan fingerprint density at radius 1 is 1.45 bits per heavy atom. The lowest BCUT2D eigenvalue weighted by molar-refractivity contribution is 0.373. The Kier molecular flexibility index (Phi) is 3.15. The third-order valence-corrected chi connectivity index (χ3v) is 4.68. The van der Waals surface area contributed by atoms with Crippen molar-refractivity contribution in [1.29, 1.82) is 0 Å². The number of imidazole rings is 1. The number of methoxy groups -OCH3 is 1. The lowest BCUT2D eigenvalue weighted by atomic mass is 10.1. The second kappa shape index (κ2) is 5.17. The number of nitrogens with zero attached hydrogens (tertiary/aromatic N) is 3. The van der Waals surface area contributed by atoms with Gasteiger partial charge < -0.3 is 15.2 Å². The van der Waals surface area contributed by atoms with Gasteiger partial charge in [-0.1, -0.05) is 11.3 Å². The van der Waals surface area contributed by atoms with Crippen LogP contribution in [0, 0.1) is 5.92 Å². The summed E-state index contributed by atoms with van der Waals surface area (Å²) in [6, 6.07) is 5.24. The van der Waals surface area contributed by atoms with Crippen LogP contribution in [0.1, 0.15) is 12.8 Å². The van der Waals surface area contributed by atoms with Crippen LogP contribution in [-0.4, -0.2) is 33.4 Å². The smallest absolute Gasteiger partial charge is 0.214 e. The molecule has 0 atom stereocenters. The molecule has 4 rings (SSSR count). The Bertz CT molecular complexity index is 822. The van der Waals surface area contributed by atoms with Crippen LogP contribution in [0.4, 0.5) is 5.13 Å². The maximum atomic E-state index is 9.71. The average Bonchev–Trinajstić information content (AvgIpc) is 3.14. The van der Waals surface area contributed by atoms with Crippen LogP contribution >= 0.6 is 11.3 Å².